The van der Waals surface area contributed by atoms with E-state index in [4.69, 9.17) is 0 Å². The Hall–Kier alpha value is -3.26. The Labute approximate surface area is 197 Å². The Morgan fingerprint density at radius 2 is 1.79 bits per heavy atom. The lowest BCUT2D eigenvalue weighted by atomic mass is 9.98. The van der Waals surface area contributed by atoms with Crippen molar-refractivity contribution >= 4 is 23.2 Å². The van der Waals surface area contributed by atoms with E-state index in [2.05, 4.69) is 27.5 Å². The maximum atomic E-state index is 12.7. The molecule has 0 fully saturated rings. The highest BCUT2D eigenvalue weighted by Crippen LogP contribution is 2.16. The zero-order valence-corrected chi connectivity index (χ0v) is 19.8. The number of pyridine rings is 1. The summed E-state index contributed by atoms with van der Waals surface area (Å²) in [5.41, 5.74) is 1.70. The highest BCUT2D eigenvalue weighted by atomic mass is 32.1. The van der Waals surface area contributed by atoms with Gasteiger partial charge < -0.3 is 15.6 Å². The molecule has 0 aliphatic carbocycles. The van der Waals surface area contributed by atoms with Crippen molar-refractivity contribution in [1.29, 1.82) is 0 Å². The van der Waals surface area contributed by atoms with Crippen LogP contribution < -0.4 is 16.2 Å². The van der Waals surface area contributed by atoms with Gasteiger partial charge in [0, 0.05) is 30.6 Å². The minimum Gasteiger partial charge on any atom is -0.351 e. The number of amides is 2. The molecule has 1 atom stereocenters. The van der Waals surface area contributed by atoms with Crippen molar-refractivity contribution in [3.63, 3.8) is 0 Å². The molecule has 0 spiro atoms. The Morgan fingerprint density at radius 1 is 1.06 bits per heavy atom. The standard InChI is InChI=1S/C25H30N4O3S/c1-3-4-6-11-21-29-20(16-33-21)23(30)27-14-19(18-9-7-5-8-10-18)15-28-25(32)22-17(2)12-13-26-24(22)31/h5,7-10,12-13,16,19H,3-4,6,11,14-15H2,1-2H3,(H,26,31)(H,27,30)(H,28,32). The lowest BCUT2D eigenvalue weighted by Crippen LogP contribution is -2.37. The Balaban J connectivity index is 1.64. The second kappa shape index (κ2) is 12.1. The van der Waals surface area contributed by atoms with Gasteiger partial charge in [0.15, 0.2) is 0 Å². The molecule has 33 heavy (non-hydrogen) atoms. The van der Waals surface area contributed by atoms with E-state index >= 15 is 0 Å². The quantitative estimate of drug-likeness (QED) is 0.374. The number of nitrogens with zero attached hydrogens (tertiary/aromatic N) is 1. The Morgan fingerprint density at radius 3 is 2.48 bits per heavy atom. The summed E-state index contributed by atoms with van der Waals surface area (Å²) in [7, 11) is 0. The van der Waals surface area contributed by atoms with Crippen molar-refractivity contribution in [3.05, 3.63) is 85.7 Å². The van der Waals surface area contributed by atoms with E-state index in [-0.39, 0.29) is 23.9 Å². The van der Waals surface area contributed by atoms with Crippen LogP contribution in [0.1, 0.15) is 69.1 Å². The highest BCUT2D eigenvalue weighted by Gasteiger charge is 2.19. The fourth-order valence-electron chi connectivity index (χ4n) is 3.56. The Bertz CT molecular complexity index is 1120. The summed E-state index contributed by atoms with van der Waals surface area (Å²) in [6.07, 6.45) is 5.78. The van der Waals surface area contributed by atoms with Gasteiger partial charge in [0.05, 0.1) is 5.01 Å². The lowest BCUT2D eigenvalue weighted by molar-refractivity contribution is 0.0944. The van der Waals surface area contributed by atoms with Crippen LogP contribution in [0.2, 0.25) is 0 Å². The van der Waals surface area contributed by atoms with E-state index < -0.39 is 11.5 Å². The normalized spacial score (nSPS) is 11.7. The third-order valence-corrected chi connectivity index (χ3v) is 6.37. The number of nitrogens with one attached hydrogen (secondary N) is 3. The van der Waals surface area contributed by atoms with Gasteiger partial charge in [0.25, 0.3) is 17.4 Å². The summed E-state index contributed by atoms with van der Waals surface area (Å²) in [6, 6.07) is 11.4. The molecule has 2 amide bonds. The minimum absolute atomic E-state index is 0.103. The number of aromatic nitrogens is 2. The molecule has 174 valence electrons. The number of aromatic amines is 1. The Kier molecular flexibility index (Phi) is 8.95. The molecule has 0 saturated heterocycles. The first-order valence-corrected chi connectivity index (χ1v) is 12.1. The molecule has 8 heteroatoms. The molecule has 2 heterocycles. The van der Waals surface area contributed by atoms with Gasteiger partial charge in [-0.1, -0.05) is 50.1 Å². The number of hydrogen-bond acceptors (Lipinski definition) is 5. The average Bonchev–Trinajstić information content (AvgIpc) is 3.29. The maximum absolute atomic E-state index is 12.7. The number of hydrogen-bond donors (Lipinski definition) is 3. The molecule has 2 aromatic heterocycles. The topological polar surface area (TPSA) is 104 Å². The van der Waals surface area contributed by atoms with E-state index in [0.29, 0.717) is 17.8 Å². The van der Waals surface area contributed by atoms with Crippen LogP contribution >= 0.6 is 11.3 Å². The van der Waals surface area contributed by atoms with Gasteiger partial charge >= 0.3 is 0 Å². The molecular weight excluding hydrogens is 436 g/mol. The third-order valence-electron chi connectivity index (χ3n) is 5.46. The molecule has 0 saturated carbocycles. The van der Waals surface area contributed by atoms with Crippen LogP contribution in [0.4, 0.5) is 0 Å². The highest BCUT2D eigenvalue weighted by molar-refractivity contribution is 7.09. The summed E-state index contributed by atoms with van der Waals surface area (Å²) < 4.78 is 0. The SMILES string of the molecule is CCCCCc1nc(C(=O)NCC(CNC(=O)c2c(C)cc[nH]c2=O)c2ccccc2)cs1. The predicted molar refractivity (Wildman–Crippen MR) is 131 cm³/mol. The lowest BCUT2D eigenvalue weighted by Gasteiger charge is -2.19. The molecule has 0 bridgehead atoms. The van der Waals surface area contributed by atoms with Crippen molar-refractivity contribution in [2.75, 3.05) is 13.1 Å². The molecule has 1 unspecified atom stereocenters. The van der Waals surface area contributed by atoms with E-state index in [1.54, 1.807) is 18.4 Å². The van der Waals surface area contributed by atoms with Crippen LogP contribution in [0.5, 0.6) is 0 Å². The van der Waals surface area contributed by atoms with E-state index in [1.165, 1.54) is 17.5 Å². The zero-order chi connectivity index (χ0) is 23.6. The maximum Gasteiger partial charge on any atom is 0.270 e. The van der Waals surface area contributed by atoms with Crippen LogP contribution in [-0.2, 0) is 6.42 Å². The van der Waals surface area contributed by atoms with Gasteiger partial charge in [-0.05, 0) is 37.0 Å². The van der Waals surface area contributed by atoms with Gasteiger partial charge in [0.1, 0.15) is 11.3 Å². The number of aryl methyl sites for hydroxylation is 2. The first kappa shape index (κ1) is 24.4. The average molecular weight is 467 g/mol. The zero-order valence-electron chi connectivity index (χ0n) is 19.0. The first-order valence-electron chi connectivity index (χ1n) is 11.2. The molecule has 3 aromatic rings. The smallest absolute Gasteiger partial charge is 0.270 e. The van der Waals surface area contributed by atoms with Gasteiger partial charge in [-0.15, -0.1) is 11.3 Å². The van der Waals surface area contributed by atoms with Crippen molar-refractivity contribution in [2.24, 2.45) is 0 Å². The summed E-state index contributed by atoms with van der Waals surface area (Å²) in [6.45, 7) is 4.49. The summed E-state index contributed by atoms with van der Waals surface area (Å²) in [5, 5.41) is 8.57. The number of thiazole rings is 1. The number of rotatable bonds is 11. The molecule has 1 aromatic carbocycles. The van der Waals surface area contributed by atoms with Gasteiger partial charge in [-0.25, -0.2) is 4.98 Å². The third kappa shape index (κ3) is 6.86. The fraction of sp³-hybridized carbons (Fsp3) is 0.360. The van der Waals surface area contributed by atoms with Crippen LogP contribution in [-0.4, -0.2) is 34.9 Å². The van der Waals surface area contributed by atoms with Gasteiger partial charge in [0.2, 0.25) is 0 Å². The minimum atomic E-state index is -0.433. The second-order valence-electron chi connectivity index (χ2n) is 7.98. The summed E-state index contributed by atoms with van der Waals surface area (Å²) in [5.74, 6) is -0.821. The molecule has 3 rings (SSSR count). The number of H-pyrrole nitrogens is 1. The molecule has 0 radical (unpaired) electrons. The summed E-state index contributed by atoms with van der Waals surface area (Å²) >= 11 is 1.51. The van der Waals surface area contributed by atoms with Gasteiger partial charge in [-0.2, -0.15) is 0 Å². The van der Waals surface area contributed by atoms with E-state index in [0.717, 1.165) is 36.3 Å². The molecule has 3 N–H and O–H groups in total. The number of unbranched alkanes of at least 4 members (excludes halogenated alkanes) is 2. The largest absolute Gasteiger partial charge is 0.351 e. The summed E-state index contributed by atoms with van der Waals surface area (Å²) in [4.78, 5) is 44.4. The van der Waals surface area contributed by atoms with Crippen molar-refractivity contribution < 1.29 is 9.59 Å². The monoisotopic (exact) mass is 466 g/mol. The van der Waals surface area contributed by atoms with Gasteiger partial charge in [-0.3, -0.25) is 14.4 Å². The predicted octanol–water partition coefficient (Wildman–Crippen LogP) is 3.82. The van der Waals surface area contributed by atoms with Crippen LogP contribution in [0.25, 0.3) is 0 Å². The first-order chi connectivity index (χ1) is 16.0. The van der Waals surface area contributed by atoms with Crippen LogP contribution in [0.3, 0.4) is 0 Å². The van der Waals surface area contributed by atoms with Crippen molar-refractivity contribution in [3.8, 4) is 0 Å². The molecule has 0 aliphatic rings. The van der Waals surface area contributed by atoms with E-state index in [1.807, 2.05) is 30.3 Å². The second-order valence-corrected chi connectivity index (χ2v) is 8.92. The van der Waals surface area contributed by atoms with Crippen LogP contribution in [0.15, 0.2) is 52.8 Å². The number of carbonyl (C=O) groups is 2. The molecular formula is C25H30N4O3S. The van der Waals surface area contributed by atoms with Crippen molar-refractivity contribution in [1.82, 2.24) is 20.6 Å². The molecule has 7 nitrogen and oxygen atoms in total. The van der Waals surface area contributed by atoms with Crippen molar-refractivity contribution in [2.45, 2.75) is 45.4 Å². The fourth-order valence-corrected chi connectivity index (χ4v) is 4.38. The number of carbonyl (C=O) groups excluding carboxylic acids is 2. The van der Waals surface area contributed by atoms with E-state index in [9.17, 15) is 14.4 Å². The van der Waals surface area contributed by atoms with Crippen LogP contribution in [0, 0.1) is 6.92 Å². The number of benzene rings is 1. The molecule has 0 aliphatic heterocycles.